The van der Waals surface area contributed by atoms with Crippen LogP contribution in [0.3, 0.4) is 0 Å². The molecule has 5 heteroatoms. The second-order valence-electron chi connectivity index (χ2n) is 2.67. The van der Waals surface area contributed by atoms with Gasteiger partial charge in [0, 0.05) is 12.7 Å². The summed E-state index contributed by atoms with van der Waals surface area (Å²) in [5.74, 6) is 0.382. The number of hydrogen-bond donors (Lipinski definition) is 3. The van der Waals surface area contributed by atoms with Gasteiger partial charge in [-0.2, -0.15) is 0 Å². The molecule has 0 spiro atoms. The molecule has 0 saturated carbocycles. The molecule has 64 valence electrons. The molecule has 0 aromatic heterocycles. The summed E-state index contributed by atoms with van der Waals surface area (Å²) in [4.78, 5) is 10.9. The van der Waals surface area contributed by atoms with Crippen molar-refractivity contribution in [3.05, 3.63) is 23.7 Å². The van der Waals surface area contributed by atoms with Crippen molar-refractivity contribution in [2.45, 2.75) is 0 Å². The molecule has 5 nitrogen and oxygen atoms in total. The fourth-order valence-corrected chi connectivity index (χ4v) is 1.35. The number of carbonyl (C=O) groups is 1. The monoisotopic (exact) mass is 166 g/mol. The Morgan fingerprint density at radius 3 is 3.25 bits per heavy atom. The van der Waals surface area contributed by atoms with Crippen molar-refractivity contribution in [1.82, 2.24) is 15.8 Å². The van der Waals surface area contributed by atoms with E-state index in [0.717, 1.165) is 18.9 Å². The summed E-state index contributed by atoms with van der Waals surface area (Å²) >= 11 is 0. The fourth-order valence-electron chi connectivity index (χ4n) is 1.35. The van der Waals surface area contributed by atoms with Crippen LogP contribution in [0.2, 0.25) is 0 Å². The maximum absolute atomic E-state index is 10.9. The number of nitrogens with one attached hydrogen (secondary N) is 2. The standard InChI is InChI=1S/C7H10N4O/c8-6(12)5-1-2-10-11-4-3-9-7(5)11/h1-2,9-10H,3-4H2,(H2,8,12). The molecule has 0 aliphatic carbocycles. The number of nitrogens with zero attached hydrogens (tertiary/aromatic N) is 1. The van der Waals surface area contributed by atoms with E-state index in [9.17, 15) is 4.79 Å². The summed E-state index contributed by atoms with van der Waals surface area (Å²) < 4.78 is 0. The second-order valence-corrected chi connectivity index (χ2v) is 2.67. The number of hydrazine groups is 1. The van der Waals surface area contributed by atoms with Crippen molar-refractivity contribution in [3.8, 4) is 0 Å². The topological polar surface area (TPSA) is 70.4 Å². The van der Waals surface area contributed by atoms with Gasteiger partial charge in [0.2, 0.25) is 0 Å². The number of fused-ring (bicyclic) bond motifs is 1. The maximum atomic E-state index is 10.9. The SMILES string of the molecule is NC(=O)C1=C2NCCN2NC=C1. The number of hydrogen-bond acceptors (Lipinski definition) is 4. The molecule has 4 N–H and O–H groups in total. The summed E-state index contributed by atoms with van der Waals surface area (Å²) in [5.41, 5.74) is 8.70. The third kappa shape index (κ3) is 0.903. The van der Waals surface area contributed by atoms with Crippen LogP contribution in [0.4, 0.5) is 0 Å². The highest BCUT2D eigenvalue weighted by molar-refractivity contribution is 5.95. The van der Waals surface area contributed by atoms with E-state index in [-0.39, 0.29) is 0 Å². The largest absolute Gasteiger partial charge is 0.368 e. The Hall–Kier alpha value is -1.65. The van der Waals surface area contributed by atoms with Crippen LogP contribution in [0.1, 0.15) is 0 Å². The van der Waals surface area contributed by atoms with E-state index in [1.807, 2.05) is 5.01 Å². The third-order valence-electron chi connectivity index (χ3n) is 1.90. The van der Waals surface area contributed by atoms with Gasteiger partial charge in [0.15, 0.2) is 0 Å². The van der Waals surface area contributed by atoms with Gasteiger partial charge in [-0.3, -0.25) is 9.80 Å². The second kappa shape index (κ2) is 2.44. The van der Waals surface area contributed by atoms with Crippen LogP contribution in [-0.4, -0.2) is 24.0 Å². The predicted molar refractivity (Wildman–Crippen MR) is 43.2 cm³/mol. The van der Waals surface area contributed by atoms with Crippen LogP contribution < -0.4 is 16.5 Å². The molecule has 0 atom stereocenters. The van der Waals surface area contributed by atoms with E-state index < -0.39 is 5.91 Å². The minimum atomic E-state index is -0.401. The first kappa shape index (κ1) is 7.02. The summed E-state index contributed by atoms with van der Waals surface area (Å²) in [7, 11) is 0. The number of rotatable bonds is 1. The highest BCUT2D eigenvalue weighted by Crippen LogP contribution is 2.14. The molecule has 1 amide bonds. The van der Waals surface area contributed by atoms with Crippen LogP contribution in [0.15, 0.2) is 23.7 Å². The molecule has 12 heavy (non-hydrogen) atoms. The first-order valence-corrected chi connectivity index (χ1v) is 3.77. The van der Waals surface area contributed by atoms with Gasteiger partial charge in [0.1, 0.15) is 5.82 Å². The van der Waals surface area contributed by atoms with Crippen molar-refractivity contribution >= 4 is 5.91 Å². The Morgan fingerprint density at radius 1 is 1.67 bits per heavy atom. The minimum Gasteiger partial charge on any atom is -0.368 e. The van der Waals surface area contributed by atoms with Crippen molar-refractivity contribution in [1.29, 1.82) is 0 Å². The fraction of sp³-hybridized carbons (Fsp3) is 0.286. The molecule has 1 fully saturated rings. The molecule has 2 rings (SSSR count). The van der Waals surface area contributed by atoms with Gasteiger partial charge < -0.3 is 16.5 Å². The average molecular weight is 166 g/mol. The van der Waals surface area contributed by atoms with E-state index in [1.165, 1.54) is 0 Å². The Bertz CT molecular complexity index is 281. The first-order valence-electron chi connectivity index (χ1n) is 3.77. The molecule has 0 aromatic carbocycles. The van der Waals surface area contributed by atoms with Gasteiger partial charge in [0.25, 0.3) is 5.91 Å². The van der Waals surface area contributed by atoms with E-state index in [0.29, 0.717) is 5.57 Å². The summed E-state index contributed by atoms with van der Waals surface area (Å²) in [6.07, 6.45) is 3.38. The van der Waals surface area contributed by atoms with Crippen molar-refractivity contribution in [3.63, 3.8) is 0 Å². The summed E-state index contributed by atoms with van der Waals surface area (Å²) in [6.45, 7) is 1.68. The average Bonchev–Trinajstić information content (AvgIpc) is 2.49. The van der Waals surface area contributed by atoms with E-state index in [2.05, 4.69) is 10.7 Å². The van der Waals surface area contributed by atoms with Crippen LogP contribution in [0, 0.1) is 0 Å². The molecule has 1 saturated heterocycles. The lowest BCUT2D eigenvalue weighted by Crippen LogP contribution is -2.36. The molecule has 0 unspecified atom stereocenters. The lowest BCUT2D eigenvalue weighted by molar-refractivity contribution is -0.114. The first-order chi connectivity index (χ1) is 5.79. The van der Waals surface area contributed by atoms with Gasteiger partial charge in [-0.15, -0.1) is 0 Å². The zero-order valence-corrected chi connectivity index (χ0v) is 6.50. The maximum Gasteiger partial charge on any atom is 0.252 e. The van der Waals surface area contributed by atoms with E-state index in [4.69, 9.17) is 5.73 Å². The molecular weight excluding hydrogens is 156 g/mol. The van der Waals surface area contributed by atoms with Crippen LogP contribution in [0.5, 0.6) is 0 Å². The Balaban J connectivity index is 2.38. The normalized spacial score (nSPS) is 20.2. The van der Waals surface area contributed by atoms with E-state index >= 15 is 0 Å². The molecule has 2 aliphatic rings. The highest BCUT2D eigenvalue weighted by Gasteiger charge is 2.23. The molecular formula is C7H10N4O. The zero-order valence-electron chi connectivity index (χ0n) is 6.50. The van der Waals surface area contributed by atoms with Gasteiger partial charge in [-0.25, -0.2) is 0 Å². The Kier molecular flexibility index (Phi) is 1.43. The summed E-state index contributed by atoms with van der Waals surface area (Å²) in [6, 6.07) is 0. The Labute approximate surface area is 69.9 Å². The molecule has 0 aromatic rings. The Morgan fingerprint density at radius 2 is 2.50 bits per heavy atom. The van der Waals surface area contributed by atoms with Crippen LogP contribution in [-0.2, 0) is 4.79 Å². The quantitative estimate of drug-likeness (QED) is 0.449. The summed E-state index contributed by atoms with van der Waals surface area (Å²) in [5, 5.41) is 4.94. The van der Waals surface area contributed by atoms with Crippen LogP contribution >= 0.6 is 0 Å². The van der Waals surface area contributed by atoms with Gasteiger partial charge in [0.05, 0.1) is 12.1 Å². The van der Waals surface area contributed by atoms with Gasteiger partial charge >= 0.3 is 0 Å². The predicted octanol–water partition coefficient (Wildman–Crippen LogP) is -1.38. The molecule has 2 aliphatic heterocycles. The van der Waals surface area contributed by atoms with Gasteiger partial charge in [-0.05, 0) is 6.08 Å². The molecule has 0 radical (unpaired) electrons. The minimum absolute atomic E-state index is 0.401. The molecule has 0 bridgehead atoms. The van der Waals surface area contributed by atoms with Crippen LogP contribution in [0.25, 0.3) is 0 Å². The van der Waals surface area contributed by atoms with Crippen molar-refractivity contribution in [2.24, 2.45) is 5.73 Å². The zero-order chi connectivity index (χ0) is 8.55. The third-order valence-corrected chi connectivity index (χ3v) is 1.90. The van der Waals surface area contributed by atoms with Crippen molar-refractivity contribution < 1.29 is 4.79 Å². The smallest absolute Gasteiger partial charge is 0.252 e. The number of carbonyl (C=O) groups excluding carboxylic acids is 1. The van der Waals surface area contributed by atoms with E-state index in [1.54, 1.807) is 12.3 Å². The lowest BCUT2D eigenvalue weighted by atomic mass is 10.2. The highest BCUT2D eigenvalue weighted by atomic mass is 16.1. The number of primary amides is 1. The van der Waals surface area contributed by atoms with Gasteiger partial charge in [-0.1, -0.05) is 0 Å². The lowest BCUT2D eigenvalue weighted by Gasteiger charge is -2.23. The van der Waals surface area contributed by atoms with Crippen molar-refractivity contribution in [2.75, 3.05) is 13.1 Å². The molecule has 2 heterocycles. The number of amides is 1. The number of nitrogens with two attached hydrogens (primary N) is 1.